The van der Waals surface area contributed by atoms with Gasteiger partial charge in [0.05, 0.1) is 39.6 Å². The maximum atomic E-state index is 5.37. The second-order valence-corrected chi connectivity index (χ2v) is 4.06. The largest absolute Gasteiger partial charge is 0.376 e. The van der Waals surface area contributed by atoms with Crippen molar-refractivity contribution in [3.8, 4) is 0 Å². The molecule has 3 rings (SSSR count). The van der Waals surface area contributed by atoms with Crippen molar-refractivity contribution in [2.45, 2.75) is 24.8 Å². The van der Waals surface area contributed by atoms with Gasteiger partial charge in [0.25, 0.3) is 0 Å². The van der Waals surface area contributed by atoms with Crippen molar-refractivity contribution in [3.63, 3.8) is 0 Å². The molecule has 0 radical (unpaired) electrons. The van der Waals surface area contributed by atoms with Crippen LogP contribution in [0, 0.1) is 0 Å². The van der Waals surface area contributed by atoms with Gasteiger partial charge >= 0.3 is 0 Å². The molecule has 0 aromatic heterocycles. The summed E-state index contributed by atoms with van der Waals surface area (Å²) in [6.07, 6.45) is 0.147. The van der Waals surface area contributed by atoms with Gasteiger partial charge in [-0.2, -0.15) is 0 Å². The molecule has 3 aliphatic heterocycles. The van der Waals surface area contributed by atoms with Crippen LogP contribution in [0.25, 0.3) is 0 Å². The Morgan fingerprint density at radius 2 is 1.56 bits per heavy atom. The smallest absolute Gasteiger partial charge is 0.212 e. The zero-order valence-electron chi connectivity index (χ0n) is 9.00. The molecule has 0 aromatic carbocycles. The van der Waals surface area contributed by atoms with E-state index in [-0.39, 0.29) is 18.7 Å². The Kier molecular flexibility index (Phi) is 3.37. The summed E-state index contributed by atoms with van der Waals surface area (Å²) in [7, 11) is 0. The predicted octanol–water partition coefficient (Wildman–Crippen LogP) is -0.484. The standard InChI is InChI=1S/C10H16O6/c1(11-3-7-4-13-7)2-12-9-10(16-9)15-6-8-5-14-8/h7-10H,1-6H2. The summed E-state index contributed by atoms with van der Waals surface area (Å²) >= 11 is 0. The van der Waals surface area contributed by atoms with Gasteiger partial charge in [-0.05, 0) is 0 Å². The predicted molar refractivity (Wildman–Crippen MR) is 50.9 cm³/mol. The Bertz CT molecular complexity index is 227. The number of hydrogen-bond donors (Lipinski definition) is 0. The molecule has 3 saturated heterocycles. The Hall–Kier alpha value is -0.240. The van der Waals surface area contributed by atoms with E-state index in [1.54, 1.807) is 0 Å². The van der Waals surface area contributed by atoms with Gasteiger partial charge in [0, 0.05) is 0 Å². The van der Waals surface area contributed by atoms with E-state index >= 15 is 0 Å². The highest BCUT2D eigenvalue weighted by Crippen LogP contribution is 2.25. The van der Waals surface area contributed by atoms with Crippen molar-refractivity contribution in [2.75, 3.05) is 39.6 Å². The molecular formula is C10H16O6. The molecule has 0 bridgehead atoms. The topological polar surface area (TPSA) is 65.3 Å². The molecule has 3 heterocycles. The normalized spacial score (nSPS) is 39.8. The van der Waals surface area contributed by atoms with Crippen LogP contribution in [-0.4, -0.2) is 64.4 Å². The molecule has 0 aromatic rings. The third-order valence-corrected chi connectivity index (χ3v) is 2.48. The molecule has 0 saturated carbocycles. The lowest BCUT2D eigenvalue weighted by Crippen LogP contribution is -2.12. The molecule has 0 aliphatic carbocycles. The fraction of sp³-hybridized carbons (Fsp3) is 1.00. The molecule has 3 aliphatic rings. The van der Waals surface area contributed by atoms with E-state index in [0.717, 1.165) is 13.2 Å². The van der Waals surface area contributed by atoms with E-state index in [2.05, 4.69) is 0 Å². The van der Waals surface area contributed by atoms with Crippen LogP contribution in [0.15, 0.2) is 0 Å². The maximum Gasteiger partial charge on any atom is 0.212 e. The first kappa shape index (κ1) is 10.9. The summed E-state index contributed by atoms with van der Waals surface area (Å²) < 4.78 is 31.2. The summed E-state index contributed by atoms with van der Waals surface area (Å²) in [5.41, 5.74) is 0. The van der Waals surface area contributed by atoms with E-state index in [4.69, 9.17) is 28.4 Å². The fourth-order valence-corrected chi connectivity index (χ4v) is 1.29. The lowest BCUT2D eigenvalue weighted by molar-refractivity contribution is -0.000636. The number of hydrogen-bond acceptors (Lipinski definition) is 6. The first-order valence-electron chi connectivity index (χ1n) is 5.61. The van der Waals surface area contributed by atoms with Crippen molar-refractivity contribution in [2.24, 2.45) is 0 Å². The Balaban J connectivity index is 1.14. The molecular weight excluding hydrogens is 216 g/mol. The van der Waals surface area contributed by atoms with E-state index < -0.39 is 0 Å². The molecule has 0 N–H and O–H groups in total. The highest BCUT2D eigenvalue weighted by Gasteiger charge is 2.42. The third-order valence-electron chi connectivity index (χ3n) is 2.48. The van der Waals surface area contributed by atoms with Crippen LogP contribution < -0.4 is 0 Å². The van der Waals surface area contributed by atoms with E-state index in [1.807, 2.05) is 0 Å². The quantitative estimate of drug-likeness (QED) is 0.395. The minimum atomic E-state index is -0.223. The van der Waals surface area contributed by atoms with Gasteiger partial charge in [-0.1, -0.05) is 0 Å². The van der Waals surface area contributed by atoms with Gasteiger partial charge in [-0.15, -0.1) is 0 Å². The van der Waals surface area contributed by atoms with Crippen LogP contribution in [0.4, 0.5) is 0 Å². The second kappa shape index (κ2) is 4.95. The third kappa shape index (κ3) is 3.65. The molecule has 0 amide bonds. The lowest BCUT2D eigenvalue weighted by Gasteiger charge is -2.01. The van der Waals surface area contributed by atoms with Crippen molar-refractivity contribution < 1.29 is 28.4 Å². The number of rotatable bonds is 9. The fourth-order valence-electron chi connectivity index (χ4n) is 1.29. The van der Waals surface area contributed by atoms with Crippen molar-refractivity contribution in [1.82, 2.24) is 0 Å². The lowest BCUT2D eigenvalue weighted by atomic mass is 10.5. The van der Waals surface area contributed by atoms with Crippen LogP contribution in [0.3, 0.4) is 0 Å². The number of epoxide rings is 3. The molecule has 6 heteroatoms. The monoisotopic (exact) mass is 232 g/mol. The Labute approximate surface area is 93.7 Å². The highest BCUT2D eigenvalue weighted by molar-refractivity contribution is 4.72. The minimum absolute atomic E-state index is 0.212. The van der Waals surface area contributed by atoms with Crippen molar-refractivity contribution in [1.29, 1.82) is 0 Å². The molecule has 0 spiro atoms. The van der Waals surface area contributed by atoms with Gasteiger partial charge in [-0.3, -0.25) is 0 Å². The molecule has 16 heavy (non-hydrogen) atoms. The van der Waals surface area contributed by atoms with Gasteiger partial charge in [0.1, 0.15) is 12.2 Å². The van der Waals surface area contributed by atoms with Gasteiger partial charge in [-0.25, -0.2) is 0 Å². The average Bonchev–Trinajstić information content (AvgIpc) is 3.09. The second-order valence-electron chi connectivity index (χ2n) is 4.06. The van der Waals surface area contributed by atoms with E-state index in [0.29, 0.717) is 32.5 Å². The van der Waals surface area contributed by atoms with E-state index in [9.17, 15) is 0 Å². The van der Waals surface area contributed by atoms with E-state index in [1.165, 1.54) is 0 Å². The molecule has 4 unspecified atom stereocenters. The van der Waals surface area contributed by atoms with Crippen molar-refractivity contribution >= 4 is 0 Å². The maximum absolute atomic E-state index is 5.37. The van der Waals surface area contributed by atoms with Crippen LogP contribution in [0.1, 0.15) is 0 Å². The first-order valence-corrected chi connectivity index (χ1v) is 5.61. The zero-order chi connectivity index (χ0) is 10.8. The van der Waals surface area contributed by atoms with Crippen LogP contribution >= 0.6 is 0 Å². The van der Waals surface area contributed by atoms with Crippen LogP contribution in [-0.2, 0) is 28.4 Å². The van der Waals surface area contributed by atoms with Crippen LogP contribution in [0.2, 0.25) is 0 Å². The summed E-state index contributed by atoms with van der Waals surface area (Å²) in [6, 6.07) is 0. The van der Waals surface area contributed by atoms with Gasteiger partial charge in [0.15, 0.2) is 0 Å². The summed E-state index contributed by atoms with van der Waals surface area (Å²) in [5.74, 6) is 0. The molecule has 92 valence electrons. The highest BCUT2D eigenvalue weighted by atomic mass is 16.9. The molecule has 4 atom stereocenters. The van der Waals surface area contributed by atoms with Gasteiger partial charge in [0.2, 0.25) is 12.6 Å². The first-order chi connectivity index (χ1) is 7.92. The molecule has 6 nitrogen and oxygen atoms in total. The molecule has 3 fully saturated rings. The average molecular weight is 232 g/mol. The summed E-state index contributed by atoms with van der Waals surface area (Å²) in [4.78, 5) is 0. The zero-order valence-corrected chi connectivity index (χ0v) is 9.00. The summed E-state index contributed by atoms with van der Waals surface area (Å²) in [5, 5.41) is 0. The van der Waals surface area contributed by atoms with Crippen molar-refractivity contribution in [3.05, 3.63) is 0 Å². The number of ether oxygens (including phenoxy) is 6. The Morgan fingerprint density at radius 3 is 2.31 bits per heavy atom. The SMILES string of the molecule is C(COC1OC1OCC1CO1)OCC1CO1. The summed E-state index contributed by atoms with van der Waals surface area (Å²) in [6.45, 7) is 3.98. The Morgan fingerprint density at radius 1 is 0.875 bits per heavy atom. The van der Waals surface area contributed by atoms with Gasteiger partial charge < -0.3 is 28.4 Å². The van der Waals surface area contributed by atoms with Crippen LogP contribution in [0.5, 0.6) is 0 Å². The minimum Gasteiger partial charge on any atom is -0.376 e.